The number of carbonyl (C=O) groups is 1. The minimum absolute atomic E-state index is 0.0837. The number of nitrogens with zero attached hydrogens (tertiary/aromatic N) is 2. The van der Waals surface area contributed by atoms with Gasteiger partial charge in [-0.25, -0.2) is 0 Å². The molecule has 5 heteroatoms. The molecule has 0 heterocycles. The van der Waals surface area contributed by atoms with E-state index in [2.05, 4.69) is 19.0 Å². The molecule has 0 aromatic rings. The first-order valence-electron chi connectivity index (χ1n) is 7.80. The molecule has 0 aromatic carbocycles. The molecule has 2 saturated carbocycles. The highest BCUT2D eigenvalue weighted by Gasteiger charge is 2.56. The van der Waals surface area contributed by atoms with Crippen molar-refractivity contribution < 1.29 is 10.0 Å². The third-order valence-electron chi connectivity index (χ3n) is 4.73. The second-order valence-corrected chi connectivity index (χ2v) is 6.69. The first-order valence-corrected chi connectivity index (χ1v) is 7.80. The van der Waals surface area contributed by atoms with Gasteiger partial charge in [-0.05, 0) is 38.0 Å². The van der Waals surface area contributed by atoms with Crippen LogP contribution in [0.25, 0.3) is 0 Å². The first kappa shape index (κ1) is 15.1. The van der Waals surface area contributed by atoms with Gasteiger partial charge in [0.15, 0.2) is 5.84 Å². The highest BCUT2D eigenvalue weighted by Crippen LogP contribution is 2.48. The Hall–Kier alpha value is -1.26. The Kier molecular flexibility index (Phi) is 4.55. The van der Waals surface area contributed by atoms with Crippen molar-refractivity contribution in [2.45, 2.75) is 64.8 Å². The number of amidine groups is 1. The van der Waals surface area contributed by atoms with E-state index in [1.54, 1.807) is 0 Å². The van der Waals surface area contributed by atoms with Gasteiger partial charge >= 0.3 is 0 Å². The number of hydrogen-bond donors (Lipinski definition) is 2. The lowest BCUT2D eigenvalue weighted by Gasteiger charge is -2.32. The van der Waals surface area contributed by atoms with Gasteiger partial charge in [0.1, 0.15) is 5.41 Å². The normalized spacial score (nSPS) is 22.2. The molecule has 0 spiro atoms. The summed E-state index contributed by atoms with van der Waals surface area (Å²) in [5.74, 6) is 0.751. The van der Waals surface area contributed by atoms with Gasteiger partial charge in [-0.15, -0.1) is 0 Å². The summed E-state index contributed by atoms with van der Waals surface area (Å²) in [5.41, 5.74) is 5.06. The molecule has 0 unspecified atom stereocenters. The molecule has 2 aliphatic rings. The largest absolute Gasteiger partial charge is 0.409 e. The molecule has 0 radical (unpaired) electrons. The minimum Gasteiger partial charge on any atom is -0.409 e. The lowest BCUT2D eigenvalue weighted by Crippen LogP contribution is -2.48. The van der Waals surface area contributed by atoms with Crippen LogP contribution < -0.4 is 5.73 Å². The second-order valence-electron chi connectivity index (χ2n) is 6.69. The molecule has 2 aliphatic carbocycles. The Morgan fingerprint density at radius 1 is 1.40 bits per heavy atom. The van der Waals surface area contributed by atoms with Gasteiger partial charge in [0.2, 0.25) is 5.91 Å². The van der Waals surface area contributed by atoms with Gasteiger partial charge in [-0.1, -0.05) is 31.8 Å². The van der Waals surface area contributed by atoms with Crippen LogP contribution in [-0.4, -0.2) is 34.4 Å². The van der Waals surface area contributed by atoms with Crippen molar-refractivity contribution in [3.05, 3.63) is 0 Å². The maximum Gasteiger partial charge on any atom is 0.236 e. The van der Waals surface area contributed by atoms with E-state index in [0.717, 1.165) is 25.8 Å². The Morgan fingerprint density at radius 2 is 2.00 bits per heavy atom. The molecule has 0 atom stereocenters. The van der Waals surface area contributed by atoms with Gasteiger partial charge in [0.25, 0.3) is 0 Å². The Labute approximate surface area is 121 Å². The van der Waals surface area contributed by atoms with Crippen LogP contribution in [0.15, 0.2) is 5.16 Å². The molecule has 1 amide bonds. The van der Waals surface area contributed by atoms with Crippen molar-refractivity contribution >= 4 is 11.7 Å². The average Bonchev–Trinajstić information content (AvgIpc) is 3.07. The van der Waals surface area contributed by atoms with Crippen LogP contribution in [0.5, 0.6) is 0 Å². The van der Waals surface area contributed by atoms with Crippen molar-refractivity contribution in [2.75, 3.05) is 6.54 Å². The lowest BCUT2D eigenvalue weighted by atomic mass is 10.0. The average molecular weight is 281 g/mol. The fraction of sp³-hybridized carbons (Fsp3) is 0.867. The monoisotopic (exact) mass is 281 g/mol. The maximum atomic E-state index is 12.9. The summed E-state index contributed by atoms with van der Waals surface area (Å²) in [6, 6.07) is 0.352. The standard InChI is InChI=1S/C15H27N3O2/c1-11(2)7-10-18(12-5-3-4-6-12)14(19)15(8-9-15)13(16)17-20/h11-12,20H,3-10H2,1-2H3,(H2,16,17). The first-order chi connectivity index (χ1) is 9.51. The van der Waals surface area contributed by atoms with Crippen molar-refractivity contribution in [3.8, 4) is 0 Å². The van der Waals surface area contributed by atoms with Crippen LogP contribution in [0.1, 0.15) is 58.8 Å². The molecule has 2 rings (SSSR count). The van der Waals surface area contributed by atoms with Crippen LogP contribution in [0.2, 0.25) is 0 Å². The third-order valence-corrected chi connectivity index (χ3v) is 4.73. The fourth-order valence-corrected chi connectivity index (χ4v) is 3.14. The molecule has 0 bridgehead atoms. The molecule has 0 saturated heterocycles. The van der Waals surface area contributed by atoms with Gasteiger partial charge in [-0.3, -0.25) is 4.79 Å². The Bertz CT molecular complexity index is 383. The van der Waals surface area contributed by atoms with Crippen LogP contribution in [-0.2, 0) is 4.79 Å². The van der Waals surface area contributed by atoms with Crippen LogP contribution >= 0.6 is 0 Å². The molecule has 0 aromatic heterocycles. The molecule has 5 nitrogen and oxygen atoms in total. The Balaban J connectivity index is 2.11. The van der Waals surface area contributed by atoms with Crippen LogP contribution in [0.4, 0.5) is 0 Å². The molecule has 114 valence electrons. The van der Waals surface area contributed by atoms with E-state index in [0.29, 0.717) is 24.8 Å². The quantitative estimate of drug-likeness (QED) is 0.339. The number of rotatable bonds is 6. The van der Waals surface area contributed by atoms with Crippen molar-refractivity contribution in [3.63, 3.8) is 0 Å². The van der Waals surface area contributed by atoms with E-state index in [1.807, 2.05) is 4.90 Å². The second kappa shape index (κ2) is 6.02. The zero-order valence-corrected chi connectivity index (χ0v) is 12.6. The zero-order chi connectivity index (χ0) is 14.8. The van der Waals surface area contributed by atoms with Crippen molar-refractivity contribution in [2.24, 2.45) is 22.2 Å². The highest BCUT2D eigenvalue weighted by atomic mass is 16.4. The molecule has 2 fully saturated rings. The topological polar surface area (TPSA) is 78.9 Å². The Morgan fingerprint density at radius 3 is 2.45 bits per heavy atom. The SMILES string of the molecule is CC(C)CCN(C(=O)C1(C(N)=NO)CC1)C1CCCC1. The van der Waals surface area contributed by atoms with Gasteiger partial charge in [0.05, 0.1) is 0 Å². The molecular weight excluding hydrogens is 254 g/mol. The number of hydrogen-bond acceptors (Lipinski definition) is 3. The van der Waals surface area contributed by atoms with Crippen LogP contribution in [0, 0.1) is 11.3 Å². The van der Waals surface area contributed by atoms with Crippen molar-refractivity contribution in [1.29, 1.82) is 0 Å². The summed E-state index contributed by atoms with van der Waals surface area (Å²) in [5, 5.41) is 12.0. The van der Waals surface area contributed by atoms with E-state index in [4.69, 9.17) is 10.9 Å². The predicted molar refractivity (Wildman–Crippen MR) is 78.5 cm³/mol. The molecule has 3 N–H and O–H groups in total. The van der Waals surface area contributed by atoms with E-state index < -0.39 is 5.41 Å². The summed E-state index contributed by atoms with van der Waals surface area (Å²) >= 11 is 0. The summed E-state index contributed by atoms with van der Waals surface area (Å²) < 4.78 is 0. The molecular formula is C15H27N3O2. The maximum absolute atomic E-state index is 12.9. The molecule has 0 aliphatic heterocycles. The van der Waals surface area contributed by atoms with Gasteiger partial charge in [-0.2, -0.15) is 0 Å². The summed E-state index contributed by atoms with van der Waals surface area (Å²) in [4.78, 5) is 14.9. The van der Waals surface area contributed by atoms with Gasteiger partial charge in [0, 0.05) is 12.6 Å². The number of nitrogens with two attached hydrogens (primary N) is 1. The highest BCUT2D eigenvalue weighted by molar-refractivity contribution is 6.09. The van der Waals surface area contributed by atoms with Crippen molar-refractivity contribution in [1.82, 2.24) is 4.90 Å². The van der Waals surface area contributed by atoms with E-state index >= 15 is 0 Å². The zero-order valence-electron chi connectivity index (χ0n) is 12.6. The number of amides is 1. The molecule has 20 heavy (non-hydrogen) atoms. The number of oxime groups is 1. The predicted octanol–water partition coefficient (Wildman–Crippen LogP) is 2.33. The minimum atomic E-state index is -0.700. The van der Waals surface area contributed by atoms with E-state index in [-0.39, 0.29) is 11.7 Å². The van der Waals surface area contributed by atoms with E-state index in [9.17, 15) is 4.79 Å². The van der Waals surface area contributed by atoms with Gasteiger partial charge < -0.3 is 15.8 Å². The third kappa shape index (κ3) is 2.91. The summed E-state index contributed by atoms with van der Waals surface area (Å²) in [6.07, 6.45) is 7.03. The smallest absolute Gasteiger partial charge is 0.236 e. The van der Waals surface area contributed by atoms with Crippen LogP contribution in [0.3, 0.4) is 0 Å². The lowest BCUT2D eigenvalue weighted by molar-refractivity contribution is -0.137. The summed E-state index contributed by atoms with van der Waals surface area (Å²) in [6.45, 7) is 5.14. The van der Waals surface area contributed by atoms with E-state index in [1.165, 1.54) is 12.8 Å². The number of carbonyl (C=O) groups excluding carboxylic acids is 1. The fourth-order valence-electron chi connectivity index (χ4n) is 3.14. The summed E-state index contributed by atoms with van der Waals surface area (Å²) in [7, 11) is 0.